The molecule has 136 valence electrons. The summed E-state index contributed by atoms with van der Waals surface area (Å²) in [6.45, 7) is 3.32. The van der Waals surface area contributed by atoms with Crippen LogP contribution in [0.5, 0.6) is 0 Å². The van der Waals surface area contributed by atoms with Gasteiger partial charge in [0.1, 0.15) is 6.54 Å². The van der Waals surface area contributed by atoms with Crippen LogP contribution in [-0.2, 0) is 9.59 Å². The Balaban J connectivity index is 1.59. The van der Waals surface area contributed by atoms with Crippen molar-refractivity contribution in [3.63, 3.8) is 0 Å². The van der Waals surface area contributed by atoms with E-state index in [2.05, 4.69) is 11.9 Å². The SMILES string of the molecule is C[C@H](C(=O)N1CCN(c2ccccc2)C(=O)C1)N(C)C1CCCCC1. The van der Waals surface area contributed by atoms with Crippen molar-refractivity contribution < 1.29 is 9.59 Å². The van der Waals surface area contributed by atoms with E-state index in [-0.39, 0.29) is 24.4 Å². The Labute approximate surface area is 150 Å². The lowest BCUT2D eigenvalue weighted by Crippen LogP contribution is -2.57. The predicted molar refractivity (Wildman–Crippen MR) is 99.5 cm³/mol. The highest BCUT2D eigenvalue weighted by atomic mass is 16.2. The van der Waals surface area contributed by atoms with Crippen LogP contribution in [0.15, 0.2) is 30.3 Å². The Morgan fingerprint density at radius 3 is 2.44 bits per heavy atom. The van der Waals surface area contributed by atoms with E-state index in [1.54, 1.807) is 9.80 Å². The minimum Gasteiger partial charge on any atom is -0.330 e. The molecule has 3 rings (SSSR count). The number of hydrogen-bond acceptors (Lipinski definition) is 3. The molecule has 1 saturated carbocycles. The molecular weight excluding hydrogens is 314 g/mol. The Kier molecular flexibility index (Phi) is 5.74. The number of benzene rings is 1. The van der Waals surface area contributed by atoms with E-state index in [0.717, 1.165) is 5.69 Å². The lowest BCUT2D eigenvalue weighted by atomic mass is 9.93. The van der Waals surface area contributed by atoms with Gasteiger partial charge in [-0.05, 0) is 38.9 Å². The normalized spacial score (nSPS) is 20.8. The lowest BCUT2D eigenvalue weighted by Gasteiger charge is -2.39. The van der Waals surface area contributed by atoms with Crippen LogP contribution in [-0.4, -0.2) is 60.4 Å². The highest BCUT2D eigenvalue weighted by Gasteiger charge is 2.33. The van der Waals surface area contributed by atoms with Crippen LogP contribution < -0.4 is 4.90 Å². The molecule has 0 N–H and O–H groups in total. The van der Waals surface area contributed by atoms with Gasteiger partial charge in [0.05, 0.1) is 6.04 Å². The fraction of sp³-hybridized carbons (Fsp3) is 0.600. The summed E-state index contributed by atoms with van der Waals surface area (Å²) in [6.07, 6.45) is 6.17. The molecule has 0 spiro atoms. The zero-order valence-corrected chi connectivity index (χ0v) is 15.4. The van der Waals surface area contributed by atoms with Crippen molar-refractivity contribution in [1.82, 2.24) is 9.80 Å². The monoisotopic (exact) mass is 343 g/mol. The third-order valence-corrected chi connectivity index (χ3v) is 5.72. The van der Waals surface area contributed by atoms with E-state index < -0.39 is 0 Å². The third kappa shape index (κ3) is 4.03. The Morgan fingerprint density at radius 2 is 1.80 bits per heavy atom. The molecule has 5 nitrogen and oxygen atoms in total. The van der Waals surface area contributed by atoms with Gasteiger partial charge in [0.2, 0.25) is 11.8 Å². The van der Waals surface area contributed by atoms with Crippen molar-refractivity contribution in [2.75, 3.05) is 31.6 Å². The molecule has 1 saturated heterocycles. The minimum absolute atomic E-state index is 0.00156. The van der Waals surface area contributed by atoms with Gasteiger partial charge in [-0.2, -0.15) is 0 Å². The van der Waals surface area contributed by atoms with Gasteiger partial charge < -0.3 is 9.80 Å². The molecule has 0 radical (unpaired) electrons. The molecule has 2 fully saturated rings. The standard InChI is InChI=1S/C20H29N3O2/c1-16(21(2)17-9-5-3-6-10-17)20(25)22-13-14-23(19(24)15-22)18-11-7-4-8-12-18/h4,7-8,11-12,16-17H,3,5-6,9-10,13-15H2,1-2H3/t16-/m1/s1. The van der Waals surface area contributed by atoms with Gasteiger partial charge >= 0.3 is 0 Å². The second-order valence-electron chi connectivity index (χ2n) is 7.27. The van der Waals surface area contributed by atoms with Crippen LogP contribution >= 0.6 is 0 Å². The summed E-state index contributed by atoms with van der Waals surface area (Å²) in [5, 5.41) is 0. The lowest BCUT2D eigenvalue weighted by molar-refractivity contribution is -0.141. The van der Waals surface area contributed by atoms with E-state index in [0.29, 0.717) is 19.1 Å². The van der Waals surface area contributed by atoms with Crippen molar-refractivity contribution in [2.45, 2.75) is 51.1 Å². The van der Waals surface area contributed by atoms with Gasteiger partial charge in [-0.15, -0.1) is 0 Å². The van der Waals surface area contributed by atoms with Crippen LogP contribution in [0, 0.1) is 0 Å². The fourth-order valence-corrected chi connectivity index (χ4v) is 3.99. The van der Waals surface area contributed by atoms with E-state index in [1.165, 1.54) is 32.1 Å². The number of nitrogens with zero attached hydrogens (tertiary/aromatic N) is 3. The van der Waals surface area contributed by atoms with E-state index in [9.17, 15) is 9.59 Å². The maximum atomic E-state index is 12.9. The second kappa shape index (κ2) is 8.00. The van der Waals surface area contributed by atoms with E-state index >= 15 is 0 Å². The summed E-state index contributed by atoms with van der Waals surface area (Å²) in [5.41, 5.74) is 0.909. The quantitative estimate of drug-likeness (QED) is 0.844. The zero-order chi connectivity index (χ0) is 17.8. The van der Waals surface area contributed by atoms with Gasteiger partial charge in [-0.25, -0.2) is 0 Å². The molecule has 2 amide bonds. The minimum atomic E-state index is -0.167. The van der Waals surface area contributed by atoms with Gasteiger partial charge in [0, 0.05) is 24.8 Å². The summed E-state index contributed by atoms with van der Waals surface area (Å²) < 4.78 is 0. The molecule has 0 unspecified atom stereocenters. The molecule has 0 bridgehead atoms. The number of carbonyl (C=O) groups is 2. The molecule has 0 aromatic heterocycles. The Morgan fingerprint density at radius 1 is 1.12 bits per heavy atom. The van der Waals surface area contributed by atoms with Crippen LogP contribution in [0.3, 0.4) is 0 Å². The highest BCUT2D eigenvalue weighted by molar-refractivity contribution is 5.98. The van der Waals surface area contributed by atoms with Gasteiger partial charge in [0.15, 0.2) is 0 Å². The van der Waals surface area contributed by atoms with Crippen LogP contribution in [0.2, 0.25) is 0 Å². The van der Waals surface area contributed by atoms with E-state index in [4.69, 9.17) is 0 Å². The number of piperazine rings is 1. The van der Waals surface area contributed by atoms with Crippen molar-refractivity contribution in [1.29, 1.82) is 0 Å². The topological polar surface area (TPSA) is 43.9 Å². The number of hydrogen-bond donors (Lipinski definition) is 0. The van der Waals surface area contributed by atoms with Gasteiger partial charge in [0.25, 0.3) is 0 Å². The van der Waals surface area contributed by atoms with Crippen molar-refractivity contribution in [3.8, 4) is 0 Å². The molecule has 1 aliphatic carbocycles. The first-order valence-corrected chi connectivity index (χ1v) is 9.44. The number of amides is 2. The number of carbonyl (C=O) groups excluding carboxylic acids is 2. The first-order chi connectivity index (χ1) is 12.1. The zero-order valence-electron chi connectivity index (χ0n) is 15.4. The molecule has 5 heteroatoms. The number of rotatable bonds is 4. The van der Waals surface area contributed by atoms with Crippen LogP contribution in [0.25, 0.3) is 0 Å². The Hall–Kier alpha value is -1.88. The molecule has 1 aliphatic heterocycles. The van der Waals surface area contributed by atoms with Gasteiger partial charge in [-0.1, -0.05) is 37.5 Å². The second-order valence-corrected chi connectivity index (χ2v) is 7.27. The molecule has 1 atom stereocenters. The fourth-order valence-electron chi connectivity index (χ4n) is 3.99. The van der Waals surface area contributed by atoms with Crippen LogP contribution in [0.1, 0.15) is 39.0 Å². The molecule has 2 aliphatic rings. The molecule has 1 heterocycles. The average molecular weight is 343 g/mol. The first kappa shape index (κ1) is 17.9. The third-order valence-electron chi connectivity index (χ3n) is 5.72. The largest absolute Gasteiger partial charge is 0.330 e. The summed E-state index contributed by atoms with van der Waals surface area (Å²) in [4.78, 5) is 31.1. The smallest absolute Gasteiger partial charge is 0.246 e. The van der Waals surface area contributed by atoms with Gasteiger partial charge in [-0.3, -0.25) is 14.5 Å². The number of likely N-dealkylation sites (N-methyl/N-ethyl adjacent to an activating group) is 1. The Bertz CT molecular complexity index is 598. The number of para-hydroxylation sites is 1. The summed E-state index contributed by atoms with van der Waals surface area (Å²) in [6, 6.07) is 10.0. The number of anilines is 1. The maximum absolute atomic E-state index is 12.9. The average Bonchev–Trinajstić information content (AvgIpc) is 2.67. The summed E-state index contributed by atoms with van der Waals surface area (Å²) in [7, 11) is 2.06. The first-order valence-electron chi connectivity index (χ1n) is 9.44. The molecule has 25 heavy (non-hydrogen) atoms. The van der Waals surface area contributed by atoms with E-state index in [1.807, 2.05) is 37.3 Å². The highest BCUT2D eigenvalue weighted by Crippen LogP contribution is 2.24. The van der Waals surface area contributed by atoms with Crippen molar-refractivity contribution in [2.24, 2.45) is 0 Å². The molecule has 1 aromatic carbocycles. The van der Waals surface area contributed by atoms with Crippen LogP contribution in [0.4, 0.5) is 5.69 Å². The molecule has 1 aromatic rings. The van der Waals surface area contributed by atoms with Crippen molar-refractivity contribution in [3.05, 3.63) is 30.3 Å². The predicted octanol–water partition coefficient (Wildman–Crippen LogP) is 2.51. The summed E-state index contributed by atoms with van der Waals surface area (Å²) in [5.74, 6) is 0.0763. The summed E-state index contributed by atoms with van der Waals surface area (Å²) >= 11 is 0. The van der Waals surface area contributed by atoms with Crippen molar-refractivity contribution >= 4 is 17.5 Å². The molecular formula is C20H29N3O2. The maximum Gasteiger partial charge on any atom is 0.246 e.